The van der Waals surface area contributed by atoms with Crippen LogP contribution in [-0.4, -0.2) is 98.4 Å². The summed E-state index contributed by atoms with van der Waals surface area (Å²) in [6.07, 6.45) is -8.12. The van der Waals surface area contributed by atoms with Crippen LogP contribution in [0.15, 0.2) is 104 Å². The van der Waals surface area contributed by atoms with Crippen molar-refractivity contribution in [3.05, 3.63) is 120 Å². The smallest absolute Gasteiger partial charge is 0.303 e. The molecule has 0 aromatic heterocycles. The average Bonchev–Trinajstić information content (AvgIpc) is 3.18. The van der Waals surface area contributed by atoms with Crippen molar-refractivity contribution in [2.75, 3.05) is 19.8 Å². The van der Waals surface area contributed by atoms with Crippen molar-refractivity contribution < 1.29 is 61.8 Å². The van der Waals surface area contributed by atoms with Gasteiger partial charge in [-0.15, -0.1) is 6.58 Å². The Morgan fingerprint density at radius 1 is 0.607 bits per heavy atom. The van der Waals surface area contributed by atoms with Crippen LogP contribution < -0.4 is 0 Å². The van der Waals surface area contributed by atoms with Crippen molar-refractivity contribution in [2.24, 2.45) is 0 Å². The molecule has 2 aliphatic rings. The van der Waals surface area contributed by atoms with Crippen molar-refractivity contribution in [3.63, 3.8) is 0 Å². The lowest BCUT2D eigenvalue weighted by Crippen LogP contribution is -2.66. The molecular weight excluding hydrogens is 748 g/mol. The summed E-state index contributed by atoms with van der Waals surface area (Å²) in [5.41, 5.74) is 1.46. The molecule has 2 fully saturated rings. The molecule has 302 valence electrons. The van der Waals surface area contributed by atoms with Crippen LogP contribution in [0.25, 0.3) is 0 Å². The number of ether oxygens (including phenoxy) is 10. The van der Waals surface area contributed by atoms with Crippen LogP contribution in [0.5, 0.6) is 0 Å². The molecule has 0 bridgehead atoms. The van der Waals surface area contributed by atoms with Crippen LogP contribution in [0, 0.1) is 0 Å². The number of alkyl halides is 1. The van der Waals surface area contributed by atoms with Crippen LogP contribution in [0.3, 0.4) is 0 Å². The van der Waals surface area contributed by atoms with Gasteiger partial charge in [0.25, 0.3) is 0 Å². The van der Waals surface area contributed by atoms with Crippen molar-refractivity contribution in [3.8, 4) is 0 Å². The van der Waals surface area contributed by atoms with Gasteiger partial charge in [0.05, 0.1) is 33.0 Å². The zero-order chi connectivity index (χ0) is 39.9. The number of carbonyl (C=O) groups excluding carboxylic acids is 3. The van der Waals surface area contributed by atoms with Crippen molar-refractivity contribution in [1.82, 2.24) is 0 Å². The van der Waals surface area contributed by atoms with Crippen LogP contribution in [0.1, 0.15) is 37.5 Å². The van der Waals surface area contributed by atoms with Crippen LogP contribution in [-0.2, 0) is 81.6 Å². The second-order valence-corrected chi connectivity index (χ2v) is 13.7. The Labute approximate surface area is 332 Å². The van der Waals surface area contributed by atoms with Gasteiger partial charge in [-0.05, 0) is 16.7 Å². The Bertz CT molecular complexity index is 1660. The summed E-state index contributed by atoms with van der Waals surface area (Å²) in [5.74, 6) is -2.03. The van der Waals surface area contributed by atoms with E-state index in [-0.39, 0.29) is 39.6 Å². The Balaban J connectivity index is 1.51. The minimum absolute atomic E-state index is 0.0486. The summed E-state index contributed by atoms with van der Waals surface area (Å²) in [6.45, 7) is 7.89. The predicted octanol–water partition coefficient (Wildman–Crippen LogP) is 5.45. The molecule has 14 heteroatoms. The highest BCUT2D eigenvalue weighted by Crippen LogP contribution is 2.36. The lowest BCUT2D eigenvalue weighted by atomic mass is 9.96. The molecule has 2 aliphatic heterocycles. The molecule has 0 saturated carbocycles. The Kier molecular flexibility index (Phi) is 16.8. The number of carbonyl (C=O) groups is 3. The maximum absolute atomic E-state index is 12.5. The number of esters is 3. The topological polar surface area (TPSA) is 144 Å². The quantitative estimate of drug-likeness (QED) is 0.0658. The molecule has 3 aromatic carbocycles. The van der Waals surface area contributed by atoms with Crippen LogP contribution in [0.2, 0.25) is 0 Å². The summed E-state index contributed by atoms with van der Waals surface area (Å²) in [7, 11) is 0. The maximum Gasteiger partial charge on any atom is 0.303 e. The monoisotopic (exact) mass is 796 g/mol. The van der Waals surface area contributed by atoms with Crippen molar-refractivity contribution in [1.29, 1.82) is 0 Å². The Hall–Kier alpha value is -4.18. The first-order chi connectivity index (χ1) is 27.1. The molecule has 2 saturated heterocycles. The first-order valence-corrected chi connectivity index (χ1v) is 18.8. The van der Waals surface area contributed by atoms with Gasteiger partial charge in [-0.1, -0.05) is 109 Å². The fourth-order valence-electron chi connectivity index (χ4n) is 6.43. The molecule has 0 amide bonds. The molecule has 0 N–H and O–H groups in total. The average molecular weight is 797 g/mol. The second-order valence-electron chi connectivity index (χ2n) is 13.2. The highest BCUT2D eigenvalue weighted by molar-refractivity contribution is 6.20. The van der Waals surface area contributed by atoms with E-state index in [1.54, 1.807) is 6.08 Å². The summed E-state index contributed by atoms with van der Waals surface area (Å²) in [4.78, 5) is 36.6. The summed E-state index contributed by atoms with van der Waals surface area (Å²) in [5, 5.41) is 0. The van der Waals surface area contributed by atoms with Gasteiger partial charge in [0.1, 0.15) is 43.2 Å². The van der Waals surface area contributed by atoms with E-state index in [4.69, 9.17) is 59.0 Å². The molecule has 1 unspecified atom stereocenters. The van der Waals surface area contributed by atoms with Gasteiger partial charge < -0.3 is 47.4 Å². The van der Waals surface area contributed by atoms with E-state index in [1.807, 2.05) is 91.0 Å². The summed E-state index contributed by atoms with van der Waals surface area (Å²) in [6, 6.07) is 29.0. The molecule has 2 heterocycles. The molecule has 5 rings (SSSR count). The standard InChI is InChI=1S/C42H49ClO13/c1-5-21-48-40-37(51-24-32-19-13-8-14-20-32)35(50-23-31-17-11-7-12-18-31)33(25-47-22-30-15-9-6-10-16-30)55-42(40)56-39-38(53-29(4)46)36(52-28(3)45)34(54-41(39)43)26-49-27(2)44/h5-20,33-42H,1,21-26H2,2-4H3/t33-,34-,35-,36-,37+,38+,39-,40-,41?,42-/m1/s1. The fraction of sp³-hybridized carbons (Fsp3) is 0.452. The van der Waals surface area contributed by atoms with Crippen molar-refractivity contribution in [2.45, 2.75) is 101 Å². The molecule has 0 spiro atoms. The fourth-order valence-corrected chi connectivity index (χ4v) is 6.76. The third-order valence-electron chi connectivity index (χ3n) is 8.89. The van der Waals surface area contributed by atoms with E-state index in [9.17, 15) is 14.4 Å². The predicted molar refractivity (Wildman–Crippen MR) is 202 cm³/mol. The first kappa shape index (κ1) is 43.0. The highest BCUT2D eigenvalue weighted by Gasteiger charge is 2.55. The lowest BCUT2D eigenvalue weighted by Gasteiger charge is -2.49. The largest absolute Gasteiger partial charge is 0.463 e. The number of rotatable bonds is 19. The molecule has 3 aromatic rings. The Morgan fingerprint density at radius 2 is 1.12 bits per heavy atom. The van der Waals surface area contributed by atoms with Crippen LogP contribution >= 0.6 is 11.6 Å². The van der Waals surface area contributed by atoms with E-state index in [0.29, 0.717) is 0 Å². The molecule has 56 heavy (non-hydrogen) atoms. The van der Waals surface area contributed by atoms with Gasteiger partial charge in [0.15, 0.2) is 24.1 Å². The Morgan fingerprint density at radius 3 is 1.66 bits per heavy atom. The van der Waals surface area contributed by atoms with Gasteiger partial charge in [-0.25, -0.2) is 0 Å². The molecule has 13 nitrogen and oxygen atoms in total. The molecule has 0 radical (unpaired) electrons. The SMILES string of the molecule is C=CCO[C@H]1[C@@H](O[C@H]2C(Cl)O[C@H](COC(C)=O)[C@@H](OC(C)=O)[C@@H]2OC(C)=O)O[C@H](COCc2ccccc2)[C@@H](OCc2ccccc2)[C@@H]1OCc1ccccc1. The van der Waals surface area contributed by atoms with E-state index in [1.165, 1.54) is 20.8 Å². The van der Waals surface area contributed by atoms with E-state index in [2.05, 4.69) is 6.58 Å². The van der Waals surface area contributed by atoms with E-state index >= 15 is 0 Å². The second kappa shape index (κ2) is 21.9. The van der Waals surface area contributed by atoms with Crippen molar-refractivity contribution >= 4 is 29.5 Å². The van der Waals surface area contributed by atoms with Gasteiger partial charge >= 0.3 is 17.9 Å². The number of hydrogen-bond donors (Lipinski definition) is 0. The number of benzene rings is 3. The van der Waals surface area contributed by atoms with Gasteiger partial charge in [-0.2, -0.15) is 0 Å². The molecular formula is C42H49ClO13. The minimum Gasteiger partial charge on any atom is -0.463 e. The van der Waals surface area contributed by atoms with E-state index in [0.717, 1.165) is 16.7 Å². The third-order valence-corrected chi connectivity index (χ3v) is 9.24. The van der Waals surface area contributed by atoms with Gasteiger partial charge in [0, 0.05) is 20.8 Å². The lowest BCUT2D eigenvalue weighted by molar-refractivity contribution is -0.351. The zero-order valence-electron chi connectivity index (χ0n) is 31.6. The summed E-state index contributed by atoms with van der Waals surface area (Å²) < 4.78 is 61.8. The zero-order valence-corrected chi connectivity index (χ0v) is 32.4. The molecule has 0 aliphatic carbocycles. The number of hydrogen-bond acceptors (Lipinski definition) is 13. The van der Waals surface area contributed by atoms with Gasteiger partial charge in [0.2, 0.25) is 0 Å². The normalized spacial score (nSPS) is 27.5. The minimum atomic E-state index is -1.33. The molecule has 10 atom stereocenters. The van der Waals surface area contributed by atoms with Crippen LogP contribution in [0.4, 0.5) is 0 Å². The third kappa shape index (κ3) is 12.7. The van der Waals surface area contributed by atoms with Gasteiger partial charge in [-0.3, -0.25) is 14.4 Å². The highest BCUT2D eigenvalue weighted by atomic mass is 35.5. The summed E-state index contributed by atoms with van der Waals surface area (Å²) >= 11 is 6.84. The first-order valence-electron chi connectivity index (χ1n) is 18.4. The maximum atomic E-state index is 12.5. The van der Waals surface area contributed by atoms with E-state index < -0.39 is 78.6 Å². The number of halogens is 1.